The van der Waals surface area contributed by atoms with Crippen LogP contribution in [-0.4, -0.2) is 22.6 Å². The normalized spacial score (nSPS) is 9.50. The van der Waals surface area contributed by atoms with E-state index in [9.17, 15) is 9.18 Å². The minimum Gasteiger partial charge on any atom is -0.384 e. The molecule has 0 unspecified atom stereocenters. The van der Waals surface area contributed by atoms with Crippen LogP contribution in [0, 0.1) is 17.7 Å². The van der Waals surface area contributed by atoms with Crippen molar-refractivity contribution in [2.75, 3.05) is 11.9 Å². The zero-order valence-corrected chi connectivity index (χ0v) is 10.4. The van der Waals surface area contributed by atoms with Gasteiger partial charge in [-0.3, -0.25) is 4.79 Å². The summed E-state index contributed by atoms with van der Waals surface area (Å²) >= 11 is 0. The molecule has 2 aromatic rings. The van der Waals surface area contributed by atoms with Gasteiger partial charge in [0, 0.05) is 5.56 Å². The van der Waals surface area contributed by atoms with E-state index in [0.29, 0.717) is 11.3 Å². The van der Waals surface area contributed by atoms with Crippen molar-refractivity contribution in [3.63, 3.8) is 0 Å². The number of aliphatic hydroxyl groups excluding tert-OH is 1. The predicted molar refractivity (Wildman–Crippen MR) is 72.6 cm³/mol. The summed E-state index contributed by atoms with van der Waals surface area (Å²) in [5.41, 5.74) is 1.19. The van der Waals surface area contributed by atoms with E-state index in [4.69, 9.17) is 5.11 Å². The lowest BCUT2D eigenvalue weighted by Crippen LogP contribution is -2.14. The van der Waals surface area contributed by atoms with Crippen LogP contribution in [-0.2, 0) is 0 Å². The maximum absolute atomic E-state index is 12.7. The van der Waals surface area contributed by atoms with Crippen LogP contribution in [0.5, 0.6) is 0 Å². The molecule has 0 spiro atoms. The summed E-state index contributed by atoms with van der Waals surface area (Å²) in [6, 6.07) is 9.39. The molecule has 1 heterocycles. The van der Waals surface area contributed by atoms with Crippen molar-refractivity contribution in [2.45, 2.75) is 0 Å². The van der Waals surface area contributed by atoms with Gasteiger partial charge in [0.1, 0.15) is 18.1 Å². The van der Waals surface area contributed by atoms with Crippen LogP contribution >= 0.6 is 0 Å². The van der Waals surface area contributed by atoms with E-state index in [0.717, 1.165) is 6.20 Å². The van der Waals surface area contributed by atoms with Gasteiger partial charge >= 0.3 is 0 Å². The maximum atomic E-state index is 12.7. The summed E-state index contributed by atoms with van der Waals surface area (Å²) in [5, 5.41) is 11.3. The Kier molecular flexibility index (Phi) is 4.43. The molecule has 0 aliphatic carbocycles. The summed E-state index contributed by atoms with van der Waals surface area (Å²) < 4.78 is 12.7. The molecule has 0 atom stereocenters. The Hall–Kier alpha value is -2.71. The minimum atomic E-state index is -0.504. The predicted octanol–water partition coefficient (Wildman–Crippen LogP) is 1.82. The summed E-state index contributed by atoms with van der Waals surface area (Å²) in [6.07, 6.45) is 0.979. The van der Waals surface area contributed by atoms with E-state index in [1.807, 2.05) is 0 Å². The molecule has 4 nitrogen and oxygen atoms in total. The van der Waals surface area contributed by atoms with Crippen LogP contribution in [0.25, 0.3) is 0 Å². The molecule has 0 fully saturated rings. The number of para-hydroxylation sites is 1. The highest BCUT2D eigenvalue weighted by Gasteiger charge is 2.09. The number of aromatic nitrogens is 1. The number of hydrogen-bond acceptors (Lipinski definition) is 3. The van der Waals surface area contributed by atoms with E-state index >= 15 is 0 Å². The van der Waals surface area contributed by atoms with Crippen LogP contribution < -0.4 is 5.32 Å². The zero-order chi connectivity index (χ0) is 14.4. The third-order valence-corrected chi connectivity index (χ3v) is 2.44. The Morgan fingerprint density at radius 3 is 2.80 bits per heavy atom. The second kappa shape index (κ2) is 6.45. The fourth-order valence-electron chi connectivity index (χ4n) is 1.53. The molecular formula is C15H11FN2O2. The first-order chi connectivity index (χ1) is 9.70. The summed E-state index contributed by atoms with van der Waals surface area (Å²) in [6.45, 7) is -0.262. The molecule has 100 valence electrons. The number of aliphatic hydroxyl groups is 1. The van der Waals surface area contributed by atoms with Gasteiger partial charge < -0.3 is 10.4 Å². The Balaban J connectivity index is 2.21. The number of carbonyl (C=O) groups is 1. The molecular weight excluding hydrogens is 259 g/mol. The first-order valence-electron chi connectivity index (χ1n) is 5.82. The monoisotopic (exact) mass is 270 g/mol. The number of anilines is 1. The third kappa shape index (κ3) is 3.40. The lowest BCUT2D eigenvalue weighted by atomic mass is 10.1. The van der Waals surface area contributed by atoms with E-state index in [-0.39, 0.29) is 12.3 Å². The van der Waals surface area contributed by atoms with Crippen molar-refractivity contribution in [1.82, 2.24) is 4.98 Å². The lowest BCUT2D eigenvalue weighted by molar-refractivity contribution is 0.102. The van der Waals surface area contributed by atoms with Crippen LogP contribution in [0.1, 0.15) is 16.1 Å². The number of amides is 1. The maximum Gasteiger partial charge on any atom is 0.274 e. The Morgan fingerprint density at radius 1 is 1.30 bits per heavy atom. The van der Waals surface area contributed by atoms with Gasteiger partial charge in [-0.25, -0.2) is 9.37 Å². The van der Waals surface area contributed by atoms with Gasteiger partial charge in [0.2, 0.25) is 0 Å². The SMILES string of the molecule is O=C(Nc1ccccc1C#CCO)c1ccc(F)cn1. The van der Waals surface area contributed by atoms with E-state index in [1.54, 1.807) is 24.3 Å². The molecule has 1 amide bonds. The zero-order valence-electron chi connectivity index (χ0n) is 10.4. The molecule has 20 heavy (non-hydrogen) atoms. The smallest absolute Gasteiger partial charge is 0.274 e. The van der Waals surface area contributed by atoms with Gasteiger partial charge in [0.15, 0.2) is 0 Å². The van der Waals surface area contributed by atoms with Crippen molar-refractivity contribution in [2.24, 2.45) is 0 Å². The van der Waals surface area contributed by atoms with E-state index in [2.05, 4.69) is 22.1 Å². The molecule has 0 aliphatic heterocycles. The van der Waals surface area contributed by atoms with Crippen molar-refractivity contribution >= 4 is 11.6 Å². The molecule has 2 rings (SSSR count). The second-order valence-corrected chi connectivity index (χ2v) is 3.82. The highest BCUT2D eigenvalue weighted by atomic mass is 19.1. The van der Waals surface area contributed by atoms with Gasteiger partial charge in [0.05, 0.1) is 11.9 Å². The standard InChI is InChI=1S/C15H11FN2O2/c16-12-7-8-14(17-10-12)15(20)18-13-6-2-1-4-11(13)5-3-9-19/h1-2,4,6-8,10,19H,9H2,(H,18,20). The van der Waals surface area contributed by atoms with Gasteiger partial charge in [-0.05, 0) is 24.3 Å². The van der Waals surface area contributed by atoms with Gasteiger partial charge in [0.25, 0.3) is 5.91 Å². The molecule has 0 aliphatic rings. The highest BCUT2D eigenvalue weighted by Crippen LogP contribution is 2.14. The largest absolute Gasteiger partial charge is 0.384 e. The Labute approximate surface area is 115 Å². The fourth-order valence-corrected chi connectivity index (χ4v) is 1.53. The number of carbonyl (C=O) groups excluding carboxylic acids is 1. The van der Waals surface area contributed by atoms with Crippen LogP contribution in [0.3, 0.4) is 0 Å². The first kappa shape index (κ1) is 13.7. The van der Waals surface area contributed by atoms with E-state index < -0.39 is 11.7 Å². The molecule has 2 N–H and O–H groups in total. The molecule has 5 heteroatoms. The van der Waals surface area contributed by atoms with Gasteiger partial charge in [-0.2, -0.15) is 0 Å². The van der Waals surface area contributed by atoms with E-state index in [1.165, 1.54) is 12.1 Å². The van der Waals surface area contributed by atoms with Crippen molar-refractivity contribution in [3.8, 4) is 11.8 Å². The number of nitrogens with zero attached hydrogens (tertiary/aromatic N) is 1. The summed E-state index contributed by atoms with van der Waals surface area (Å²) in [4.78, 5) is 15.7. The van der Waals surface area contributed by atoms with Crippen LogP contribution in [0.2, 0.25) is 0 Å². The second-order valence-electron chi connectivity index (χ2n) is 3.82. The average Bonchev–Trinajstić information content (AvgIpc) is 2.47. The minimum absolute atomic E-state index is 0.108. The summed E-state index contributed by atoms with van der Waals surface area (Å²) in [5.74, 6) is 4.29. The third-order valence-electron chi connectivity index (χ3n) is 2.44. The fraction of sp³-hybridized carbons (Fsp3) is 0.0667. The number of pyridine rings is 1. The lowest BCUT2D eigenvalue weighted by Gasteiger charge is -2.06. The number of rotatable bonds is 2. The summed E-state index contributed by atoms with van der Waals surface area (Å²) in [7, 11) is 0. The highest BCUT2D eigenvalue weighted by molar-refractivity contribution is 6.03. The number of benzene rings is 1. The molecule has 1 aromatic heterocycles. The Bertz CT molecular complexity index is 672. The van der Waals surface area contributed by atoms with Crippen LogP contribution in [0.4, 0.5) is 10.1 Å². The van der Waals surface area contributed by atoms with Crippen molar-refractivity contribution < 1.29 is 14.3 Å². The van der Waals surface area contributed by atoms with Gasteiger partial charge in [-0.1, -0.05) is 24.0 Å². The molecule has 0 bridgehead atoms. The molecule has 0 saturated carbocycles. The quantitative estimate of drug-likeness (QED) is 0.818. The average molecular weight is 270 g/mol. The molecule has 0 saturated heterocycles. The van der Waals surface area contributed by atoms with Gasteiger partial charge in [-0.15, -0.1) is 0 Å². The van der Waals surface area contributed by atoms with Crippen molar-refractivity contribution in [3.05, 3.63) is 59.7 Å². The first-order valence-corrected chi connectivity index (χ1v) is 5.82. The Morgan fingerprint density at radius 2 is 2.10 bits per heavy atom. The topological polar surface area (TPSA) is 62.2 Å². The molecule has 0 radical (unpaired) electrons. The van der Waals surface area contributed by atoms with Crippen molar-refractivity contribution in [1.29, 1.82) is 0 Å². The van der Waals surface area contributed by atoms with Crippen LogP contribution in [0.15, 0.2) is 42.6 Å². The number of halogens is 1. The molecule has 1 aromatic carbocycles. The number of hydrogen-bond donors (Lipinski definition) is 2. The number of nitrogens with one attached hydrogen (secondary N) is 1.